The molecule has 0 spiro atoms. The SMILES string of the molecule is COc1nc2nc(N)nc(C)c2nc1/C=C/c1ccccc1. The van der Waals surface area contributed by atoms with Gasteiger partial charge in [-0.25, -0.2) is 9.97 Å². The molecule has 6 heteroatoms. The highest BCUT2D eigenvalue weighted by Crippen LogP contribution is 2.21. The number of methoxy groups -OCH3 is 1. The van der Waals surface area contributed by atoms with Gasteiger partial charge in [-0.3, -0.25) is 0 Å². The van der Waals surface area contributed by atoms with Crippen LogP contribution in [-0.2, 0) is 0 Å². The van der Waals surface area contributed by atoms with E-state index in [1.54, 1.807) is 7.11 Å². The average molecular weight is 293 g/mol. The molecule has 0 saturated carbocycles. The highest BCUT2D eigenvalue weighted by molar-refractivity contribution is 5.78. The molecule has 0 aliphatic heterocycles. The number of benzene rings is 1. The lowest BCUT2D eigenvalue weighted by Gasteiger charge is -2.06. The van der Waals surface area contributed by atoms with E-state index in [2.05, 4.69) is 19.9 Å². The molecule has 2 aromatic heterocycles. The second kappa shape index (κ2) is 5.77. The Morgan fingerprint density at radius 1 is 1.00 bits per heavy atom. The first-order valence-electron chi connectivity index (χ1n) is 6.76. The molecular formula is C16H15N5O. The highest BCUT2D eigenvalue weighted by Gasteiger charge is 2.11. The van der Waals surface area contributed by atoms with Crippen LogP contribution in [0.3, 0.4) is 0 Å². The Bertz CT molecular complexity index is 846. The van der Waals surface area contributed by atoms with Crippen molar-refractivity contribution in [3.63, 3.8) is 0 Å². The maximum Gasteiger partial charge on any atom is 0.241 e. The number of nitrogen functional groups attached to an aromatic ring is 1. The predicted octanol–water partition coefficient (Wildman–Crippen LogP) is 2.49. The van der Waals surface area contributed by atoms with Crippen molar-refractivity contribution in [2.75, 3.05) is 12.8 Å². The molecule has 0 amide bonds. The van der Waals surface area contributed by atoms with Gasteiger partial charge in [-0.2, -0.15) is 9.97 Å². The van der Waals surface area contributed by atoms with Crippen LogP contribution in [-0.4, -0.2) is 27.0 Å². The molecule has 110 valence electrons. The van der Waals surface area contributed by atoms with Gasteiger partial charge in [-0.05, 0) is 18.6 Å². The number of ether oxygens (including phenoxy) is 1. The van der Waals surface area contributed by atoms with Crippen molar-refractivity contribution >= 4 is 29.3 Å². The number of nitrogens with two attached hydrogens (primary N) is 1. The second-order valence-corrected chi connectivity index (χ2v) is 4.70. The van der Waals surface area contributed by atoms with Crippen LogP contribution in [0.25, 0.3) is 23.3 Å². The highest BCUT2D eigenvalue weighted by atomic mass is 16.5. The van der Waals surface area contributed by atoms with Gasteiger partial charge in [-0.1, -0.05) is 36.4 Å². The zero-order valence-electron chi connectivity index (χ0n) is 12.3. The number of anilines is 1. The molecule has 0 radical (unpaired) electrons. The fraction of sp³-hybridized carbons (Fsp3) is 0.125. The number of hydrogen-bond donors (Lipinski definition) is 1. The molecule has 22 heavy (non-hydrogen) atoms. The Morgan fingerprint density at radius 2 is 1.77 bits per heavy atom. The minimum atomic E-state index is 0.175. The van der Waals surface area contributed by atoms with E-state index in [0.29, 0.717) is 28.4 Å². The largest absolute Gasteiger partial charge is 0.479 e. The van der Waals surface area contributed by atoms with Gasteiger partial charge in [0.15, 0.2) is 5.65 Å². The molecule has 0 saturated heterocycles. The fourth-order valence-corrected chi connectivity index (χ4v) is 2.10. The number of aromatic nitrogens is 4. The molecule has 2 N–H and O–H groups in total. The standard InChI is InChI=1S/C16H15N5O/c1-10-13-14(21-16(17)18-10)20-15(22-2)12(19-13)9-8-11-6-4-3-5-7-11/h3-9H,1-2H3,(H2,17,18,20,21)/b9-8+. The van der Waals surface area contributed by atoms with Crippen molar-refractivity contribution < 1.29 is 4.74 Å². The quantitative estimate of drug-likeness (QED) is 0.798. The Morgan fingerprint density at radius 3 is 2.50 bits per heavy atom. The van der Waals surface area contributed by atoms with E-state index in [1.807, 2.05) is 49.4 Å². The van der Waals surface area contributed by atoms with Crippen molar-refractivity contribution in [2.24, 2.45) is 0 Å². The summed E-state index contributed by atoms with van der Waals surface area (Å²) >= 11 is 0. The van der Waals surface area contributed by atoms with Gasteiger partial charge in [-0.15, -0.1) is 0 Å². The third-order valence-electron chi connectivity index (χ3n) is 3.14. The molecule has 0 unspecified atom stereocenters. The number of hydrogen-bond acceptors (Lipinski definition) is 6. The molecule has 0 bridgehead atoms. The summed E-state index contributed by atoms with van der Waals surface area (Å²) in [6.07, 6.45) is 3.81. The molecule has 6 nitrogen and oxygen atoms in total. The van der Waals surface area contributed by atoms with E-state index in [-0.39, 0.29) is 5.95 Å². The molecule has 3 aromatic rings. The van der Waals surface area contributed by atoms with Gasteiger partial charge >= 0.3 is 0 Å². The van der Waals surface area contributed by atoms with E-state index in [1.165, 1.54) is 0 Å². The van der Waals surface area contributed by atoms with Crippen molar-refractivity contribution in [1.82, 2.24) is 19.9 Å². The Balaban J connectivity index is 2.10. The zero-order valence-corrected chi connectivity index (χ0v) is 12.3. The van der Waals surface area contributed by atoms with E-state index in [9.17, 15) is 0 Å². The van der Waals surface area contributed by atoms with E-state index in [4.69, 9.17) is 10.5 Å². The van der Waals surface area contributed by atoms with Gasteiger partial charge in [0.2, 0.25) is 11.8 Å². The van der Waals surface area contributed by atoms with Crippen LogP contribution >= 0.6 is 0 Å². The maximum atomic E-state index is 5.64. The second-order valence-electron chi connectivity index (χ2n) is 4.70. The monoisotopic (exact) mass is 293 g/mol. The lowest BCUT2D eigenvalue weighted by Crippen LogP contribution is -2.03. The van der Waals surface area contributed by atoms with E-state index >= 15 is 0 Å². The zero-order chi connectivity index (χ0) is 15.5. The number of rotatable bonds is 3. The van der Waals surface area contributed by atoms with Crippen LogP contribution in [0.15, 0.2) is 30.3 Å². The van der Waals surface area contributed by atoms with Crippen molar-refractivity contribution in [1.29, 1.82) is 0 Å². The molecule has 2 heterocycles. The average Bonchev–Trinajstić information content (AvgIpc) is 2.53. The van der Waals surface area contributed by atoms with Gasteiger partial charge in [0.25, 0.3) is 0 Å². The van der Waals surface area contributed by atoms with Gasteiger partial charge in [0, 0.05) is 0 Å². The normalized spacial score (nSPS) is 11.2. The topological polar surface area (TPSA) is 86.8 Å². The Labute approximate surface area is 127 Å². The third-order valence-corrected chi connectivity index (χ3v) is 3.14. The summed E-state index contributed by atoms with van der Waals surface area (Å²) in [6.45, 7) is 1.83. The molecule has 3 rings (SSSR count). The maximum absolute atomic E-state index is 5.64. The van der Waals surface area contributed by atoms with Gasteiger partial charge < -0.3 is 10.5 Å². The number of fused-ring (bicyclic) bond motifs is 1. The summed E-state index contributed by atoms with van der Waals surface area (Å²) < 4.78 is 5.30. The summed E-state index contributed by atoms with van der Waals surface area (Å²) in [4.78, 5) is 17.1. The molecule has 0 atom stereocenters. The summed E-state index contributed by atoms with van der Waals surface area (Å²) in [5, 5.41) is 0. The van der Waals surface area contributed by atoms with E-state index < -0.39 is 0 Å². The van der Waals surface area contributed by atoms with E-state index in [0.717, 1.165) is 5.56 Å². The van der Waals surface area contributed by atoms with Crippen molar-refractivity contribution in [3.05, 3.63) is 47.3 Å². The molecule has 1 aromatic carbocycles. The predicted molar refractivity (Wildman–Crippen MR) is 86.2 cm³/mol. The lowest BCUT2D eigenvalue weighted by atomic mass is 10.2. The van der Waals surface area contributed by atoms with Crippen molar-refractivity contribution in [2.45, 2.75) is 6.92 Å². The van der Waals surface area contributed by atoms with Crippen molar-refractivity contribution in [3.8, 4) is 5.88 Å². The first-order valence-corrected chi connectivity index (χ1v) is 6.76. The molecule has 0 aliphatic carbocycles. The fourth-order valence-electron chi connectivity index (χ4n) is 2.10. The van der Waals surface area contributed by atoms with Gasteiger partial charge in [0.05, 0.1) is 12.8 Å². The first kappa shape index (κ1) is 13.9. The summed E-state index contributed by atoms with van der Waals surface area (Å²) in [7, 11) is 1.55. The van der Waals surface area contributed by atoms with Gasteiger partial charge in [0.1, 0.15) is 11.2 Å². The minimum Gasteiger partial charge on any atom is -0.479 e. The third kappa shape index (κ3) is 2.71. The van der Waals surface area contributed by atoms with Crippen LogP contribution in [0.5, 0.6) is 5.88 Å². The van der Waals surface area contributed by atoms with Crippen LogP contribution in [0, 0.1) is 6.92 Å². The smallest absolute Gasteiger partial charge is 0.241 e. The molecule has 0 fully saturated rings. The summed E-state index contributed by atoms with van der Waals surface area (Å²) in [6, 6.07) is 9.94. The first-order chi connectivity index (χ1) is 10.7. The minimum absolute atomic E-state index is 0.175. The van der Waals surface area contributed by atoms with Crippen LogP contribution in [0.4, 0.5) is 5.95 Å². The molecule has 0 aliphatic rings. The Hall–Kier alpha value is -3.02. The lowest BCUT2D eigenvalue weighted by molar-refractivity contribution is 0.396. The Kier molecular flexibility index (Phi) is 3.65. The van der Waals surface area contributed by atoms with Crippen LogP contribution in [0.1, 0.15) is 17.0 Å². The summed E-state index contributed by atoms with van der Waals surface area (Å²) in [5.74, 6) is 0.575. The van der Waals surface area contributed by atoms with Crippen LogP contribution in [0.2, 0.25) is 0 Å². The summed E-state index contributed by atoms with van der Waals surface area (Å²) in [5.41, 5.74) is 9.06. The van der Waals surface area contributed by atoms with Crippen LogP contribution < -0.4 is 10.5 Å². The molecular weight excluding hydrogens is 278 g/mol. The number of nitrogens with zero attached hydrogens (tertiary/aromatic N) is 4. The number of aryl methyl sites for hydroxylation is 1.